The normalized spacial score (nSPS) is 24.6. The lowest BCUT2D eigenvalue weighted by Crippen LogP contribution is -2.53. The maximum absolute atomic E-state index is 13.7. The number of piperidine rings is 1. The molecule has 6 nitrogen and oxygen atoms in total. The third-order valence-corrected chi connectivity index (χ3v) is 9.82. The molecule has 2 saturated heterocycles. The van der Waals surface area contributed by atoms with Crippen molar-refractivity contribution in [3.05, 3.63) is 106 Å². The molecule has 1 aliphatic carbocycles. The number of hydrogen-bond acceptors (Lipinski definition) is 5. The van der Waals surface area contributed by atoms with Crippen LogP contribution in [0.5, 0.6) is 0 Å². The van der Waals surface area contributed by atoms with Crippen LogP contribution >= 0.6 is 11.6 Å². The van der Waals surface area contributed by atoms with Crippen LogP contribution in [-0.2, 0) is 20.7 Å². The van der Waals surface area contributed by atoms with Gasteiger partial charge < -0.3 is 9.64 Å². The topological polar surface area (TPSA) is 66.9 Å². The van der Waals surface area contributed by atoms with Crippen LogP contribution in [0.1, 0.15) is 60.5 Å². The van der Waals surface area contributed by atoms with Crippen LogP contribution in [0.3, 0.4) is 0 Å². The summed E-state index contributed by atoms with van der Waals surface area (Å²) in [5.41, 5.74) is 3.81. The highest BCUT2D eigenvalue weighted by molar-refractivity contribution is 6.32. The van der Waals surface area contributed by atoms with Gasteiger partial charge in [0.1, 0.15) is 6.61 Å². The van der Waals surface area contributed by atoms with Crippen molar-refractivity contribution in [3.63, 3.8) is 0 Å². The molecule has 228 valence electrons. The molecule has 3 atom stereocenters. The van der Waals surface area contributed by atoms with E-state index in [1.165, 1.54) is 11.1 Å². The highest BCUT2D eigenvalue weighted by atomic mass is 35.5. The Labute approximate surface area is 264 Å². The Kier molecular flexibility index (Phi) is 9.01. The lowest BCUT2D eigenvalue weighted by molar-refractivity contribution is -0.122. The van der Waals surface area contributed by atoms with E-state index in [0.29, 0.717) is 16.6 Å². The number of fused-ring (bicyclic) bond motifs is 2. The molecule has 2 amide bonds. The monoisotopic (exact) mass is 610 g/mol. The Balaban J connectivity index is 1.26. The SMILES string of the molecule is CC1CC(=O)N(c2ccccc2C(=O)OC[C@]23CCC[C@H](CN(CCCc4ccccc4)C2)C3=Cc2ccccc2Cl)C1=O. The number of anilines is 1. The molecule has 0 aromatic heterocycles. The molecule has 2 aliphatic heterocycles. The number of hydrogen-bond donors (Lipinski definition) is 0. The number of para-hydroxylation sites is 1. The van der Waals surface area contributed by atoms with E-state index >= 15 is 0 Å². The summed E-state index contributed by atoms with van der Waals surface area (Å²) in [6.45, 7) is 4.70. The second kappa shape index (κ2) is 13.1. The lowest BCUT2D eigenvalue weighted by atomic mass is 9.62. The lowest BCUT2D eigenvalue weighted by Gasteiger charge is -2.51. The number of nitrogens with zero attached hydrogens (tertiary/aromatic N) is 2. The van der Waals surface area contributed by atoms with Gasteiger partial charge in [-0.3, -0.25) is 9.59 Å². The summed E-state index contributed by atoms with van der Waals surface area (Å²) in [5, 5.41) is 0.707. The number of halogens is 1. The van der Waals surface area contributed by atoms with E-state index in [2.05, 4.69) is 35.2 Å². The van der Waals surface area contributed by atoms with Gasteiger partial charge in [0, 0.05) is 35.9 Å². The van der Waals surface area contributed by atoms with Crippen LogP contribution in [-0.4, -0.2) is 48.9 Å². The zero-order valence-electron chi connectivity index (χ0n) is 25.2. The van der Waals surface area contributed by atoms with Gasteiger partial charge >= 0.3 is 5.97 Å². The van der Waals surface area contributed by atoms with Crippen molar-refractivity contribution in [1.29, 1.82) is 0 Å². The first-order chi connectivity index (χ1) is 21.3. The number of benzene rings is 3. The predicted octanol–water partition coefficient (Wildman–Crippen LogP) is 7.21. The van der Waals surface area contributed by atoms with E-state index in [1.807, 2.05) is 30.3 Å². The maximum Gasteiger partial charge on any atom is 0.340 e. The van der Waals surface area contributed by atoms with Gasteiger partial charge in [-0.05, 0) is 67.5 Å². The van der Waals surface area contributed by atoms with E-state index in [1.54, 1.807) is 31.2 Å². The van der Waals surface area contributed by atoms with Gasteiger partial charge in [0.15, 0.2) is 0 Å². The van der Waals surface area contributed by atoms with Crippen molar-refractivity contribution < 1.29 is 19.1 Å². The highest BCUT2D eigenvalue weighted by Gasteiger charge is 2.47. The third kappa shape index (κ3) is 6.24. The summed E-state index contributed by atoms with van der Waals surface area (Å²) < 4.78 is 6.17. The molecule has 1 saturated carbocycles. The Morgan fingerprint density at radius 3 is 2.55 bits per heavy atom. The quantitative estimate of drug-likeness (QED) is 0.189. The van der Waals surface area contributed by atoms with Crippen molar-refractivity contribution in [1.82, 2.24) is 4.90 Å². The van der Waals surface area contributed by atoms with Gasteiger partial charge in [0.2, 0.25) is 11.8 Å². The zero-order valence-corrected chi connectivity index (χ0v) is 26.0. The van der Waals surface area contributed by atoms with Gasteiger partial charge in [-0.15, -0.1) is 0 Å². The minimum absolute atomic E-state index is 0.142. The molecule has 1 unspecified atom stereocenters. The Morgan fingerprint density at radius 2 is 1.77 bits per heavy atom. The third-order valence-electron chi connectivity index (χ3n) is 9.48. The zero-order chi connectivity index (χ0) is 30.7. The molecule has 2 bridgehead atoms. The molecule has 3 aromatic rings. The first-order valence-electron chi connectivity index (χ1n) is 15.7. The number of likely N-dealkylation sites (tertiary alicyclic amines) is 1. The number of carbonyl (C=O) groups excluding carboxylic acids is 3. The average Bonchev–Trinajstić information content (AvgIpc) is 3.28. The minimum Gasteiger partial charge on any atom is -0.461 e. The highest BCUT2D eigenvalue weighted by Crippen LogP contribution is 2.50. The van der Waals surface area contributed by atoms with Gasteiger partial charge in [0.25, 0.3) is 0 Å². The first kappa shape index (κ1) is 30.3. The summed E-state index contributed by atoms with van der Waals surface area (Å²) in [5.74, 6) is -1.15. The molecular weight excluding hydrogens is 572 g/mol. The molecule has 0 spiro atoms. The summed E-state index contributed by atoms with van der Waals surface area (Å²) in [7, 11) is 0. The Bertz CT molecular complexity index is 1570. The second-order valence-corrected chi connectivity index (χ2v) is 13.0. The molecule has 0 N–H and O–H groups in total. The van der Waals surface area contributed by atoms with Crippen LogP contribution in [0.25, 0.3) is 6.08 Å². The fourth-order valence-electron chi connectivity index (χ4n) is 7.30. The van der Waals surface area contributed by atoms with Crippen LogP contribution in [0.4, 0.5) is 5.69 Å². The Morgan fingerprint density at radius 1 is 1.02 bits per heavy atom. The van der Waals surface area contributed by atoms with Gasteiger partial charge in [-0.2, -0.15) is 0 Å². The molecule has 6 rings (SSSR count). The average molecular weight is 611 g/mol. The number of carbonyl (C=O) groups is 3. The van der Waals surface area contributed by atoms with Crippen molar-refractivity contribution >= 4 is 41.1 Å². The smallest absolute Gasteiger partial charge is 0.340 e. The van der Waals surface area contributed by atoms with Crippen molar-refractivity contribution in [2.45, 2.75) is 45.4 Å². The number of imide groups is 1. The largest absolute Gasteiger partial charge is 0.461 e. The molecule has 3 fully saturated rings. The molecule has 2 heterocycles. The molecular formula is C37H39ClN2O4. The van der Waals surface area contributed by atoms with E-state index in [4.69, 9.17) is 16.3 Å². The van der Waals surface area contributed by atoms with Gasteiger partial charge in [-0.1, -0.05) is 97.3 Å². The maximum atomic E-state index is 13.7. The summed E-state index contributed by atoms with van der Waals surface area (Å²) >= 11 is 6.62. The second-order valence-electron chi connectivity index (χ2n) is 12.6. The minimum atomic E-state index is -0.518. The van der Waals surface area contributed by atoms with Crippen molar-refractivity contribution in [3.8, 4) is 0 Å². The molecule has 3 aromatic carbocycles. The van der Waals surface area contributed by atoms with Crippen LogP contribution in [0, 0.1) is 17.3 Å². The number of amides is 2. The number of esters is 1. The Hall–Kier alpha value is -3.74. The number of aryl methyl sites for hydroxylation is 1. The predicted molar refractivity (Wildman–Crippen MR) is 173 cm³/mol. The fourth-order valence-corrected chi connectivity index (χ4v) is 7.49. The van der Waals surface area contributed by atoms with Crippen molar-refractivity contribution in [2.24, 2.45) is 17.3 Å². The first-order valence-corrected chi connectivity index (χ1v) is 16.1. The van der Waals surface area contributed by atoms with E-state index < -0.39 is 11.9 Å². The molecule has 44 heavy (non-hydrogen) atoms. The standard InChI is InChI=1S/C37H39ClN2O4/c1-26-21-34(41)40(35(26)42)33-18-8-6-16-30(33)36(43)44-25-37-19-9-15-29(31(37)22-28-14-5-7-17-32(28)38)23-39(24-37)20-10-13-27-11-3-2-4-12-27/h2-8,11-12,14,16-18,22,26,29H,9-10,13,15,19-21,23-25H2,1H3/t26?,29-,37+/m1/s1. The van der Waals surface area contributed by atoms with Crippen LogP contribution in [0.2, 0.25) is 5.02 Å². The molecule has 3 aliphatic rings. The summed E-state index contributed by atoms with van der Waals surface area (Å²) in [6, 6.07) is 25.2. The molecule has 0 radical (unpaired) electrons. The summed E-state index contributed by atoms with van der Waals surface area (Å²) in [6.07, 6.45) is 7.51. The van der Waals surface area contributed by atoms with Crippen LogP contribution in [0.15, 0.2) is 84.4 Å². The van der Waals surface area contributed by atoms with E-state index in [0.717, 1.165) is 62.2 Å². The molecule has 7 heteroatoms. The number of rotatable bonds is 9. The van der Waals surface area contributed by atoms with E-state index in [-0.39, 0.29) is 35.8 Å². The van der Waals surface area contributed by atoms with Crippen molar-refractivity contribution in [2.75, 3.05) is 31.1 Å². The summed E-state index contributed by atoms with van der Waals surface area (Å²) in [4.78, 5) is 42.9. The van der Waals surface area contributed by atoms with Gasteiger partial charge in [-0.25, -0.2) is 9.69 Å². The van der Waals surface area contributed by atoms with Gasteiger partial charge in [0.05, 0.1) is 11.3 Å². The number of ether oxygens (including phenoxy) is 1. The van der Waals surface area contributed by atoms with E-state index in [9.17, 15) is 14.4 Å². The fraction of sp³-hybridized carbons (Fsp3) is 0.378. The van der Waals surface area contributed by atoms with Crippen LogP contribution < -0.4 is 4.90 Å².